The number of halogens is 4. The van der Waals surface area contributed by atoms with Crippen LogP contribution in [0.1, 0.15) is 25.9 Å². The molecule has 1 amide bonds. The molecule has 2 aromatic rings. The van der Waals surface area contributed by atoms with Gasteiger partial charge in [0.15, 0.2) is 5.01 Å². The molecule has 0 saturated heterocycles. The van der Waals surface area contributed by atoms with Gasteiger partial charge in [0.1, 0.15) is 10.7 Å². The maximum Gasteiger partial charge on any atom is 0.443 e. The van der Waals surface area contributed by atoms with Gasteiger partial charge in [-0.05, 0) is 13.0 Å². The normalized spacial score (nSPS) is 11.5. The predicted molar refractivity (Wildman–Crippen MR) is 69.4 cm³/mol. The fourth-order valence-electron chi connectivity index (χ4n) is 1.63. The van der Waals surface area contributed by atoms with E-state index in [1.54, 1.807) is 6.07 Å². The Balaban J connectivity index is 2.11. The van der Waals surface area contributed by atoms with E-state index in [2.05, 4.69) is 10.3 Å². The Bertz CT molecular complexity index is 666. The summed E-state index contributed by atoms with van der Waals surface area (Å²) < 4.78 is 50.9. The van der Waals surface area contributed by atoms with Gasteiger partial charge in [0, 0.05) is 12.1 Å². The molecule has 8 heteroatoms. The van der Waals surface area contributed by atoms with Gasteiger partial charge in [-0.25, -0.2) is 9.37 Å². The Kier molecular flexibility index (Phi) is 4.26. The molecule has 112 valence electrons. The Labute approximate surface area is 121 Å². The number of nitrogens with zero attached hydrogens (tertiary/aromatic N) is 1. The molecule has 1 heterocycles. The van der Waals surface area contributed by atoms with Crippen molar-refractivity contribution in [2.75, 3.05) is 0 Å². The van der Waals surface area contributed by atoms with Crippen LogP contribution in [0.15, 0.2) is 24.3 Å². The van der Waals surface area contributed by atoms with E-state index < -0.39 is 22.9 Å². The second-order valence-corrected chi connectivity index (χ2v) is 5.20. The molecule has 1 aromatic carbocycles. The number of nitrogens with one attached hydrogen (secondary N) is 1. The van der Waals surface area contributed by atoms with E-state index in [9.17, 15) is 22.4 Å². The number of alkyl halides is 3. The van der Waals surface area contributed by atoms with Gasteiger partial charge in [-0.2, -0.15) is 13.2 Å². The van der Waals surface area contributed by atoms with E-state index in [-0.39, 0.29) is 34.0 Å². The fraction of sp³-hybridized carbons (Fsp3) is 0.231. The molecule has 1 N–H and O–H groups in total. The van der Waals surface area contributed by atoms with Crippen molar-refractivity contribution >= 4 is 17.2 Å². The third kappa shape index (κ3) is 3.57. The number of rotatable bonds is 3. The SMILES string of the molecule is Cc1nc(C(F)(F)F)sc1C(=O)NCc1ccccc1F. The van der Waals surface area contributed by atoms with Gasteiger partial charge in [0.05, 0.1) is 5.69 Å². The van der Waals surface area contributed by atoms with Crippen LogP contribution in [0.4, 0.5) is 17.6 Å². The first-order valence-corrected chi connectivity index (χ1v) is 6.67. The van der Waals surface area contributed by atoms with Crippen LogP contribution in [0.3, 0.4) is 0 Å². The van der Waals surface area contributed by atoms with Crippen molar-refractivity contribution in [1.29, 1.82) is 0 Å². The average Bonchev–Trinajstić information content (AvgIpc) is 2.80. The highest BCUT2D eigenvalue weighted by atomic mass is 32.1. The predicted octanol–water partition coefficient (Wildman–Crippen LogP) is 3.54. The van der Waals surface area contributed by atoms with Crippen LogP contribution in [0.2, 0.25) is 0 Å². The molecular weight excluding hydrogens is 308 g/mol. The Morgan fingerprint density at radius 3 is 2.57 bits per heavy atom. The molecule has 3 nitrogen and oxygen atoms in total. The summed E-state index contributed by atoms with van der Waals surface area (Å²) in [6.45, 7) is 1.22. The zero-order chi connectivity index (χ0) is 15.6. The van der Waals surface area contributed by atoms with Crippen LogP contribution in [0.25, 0.3) is 0 Å². The zero-order valence-electron chi connectivity index (χ0n) is 10.8. The summed E-state index contributed by atoms with van der Waals surface area (Å²) in [5.41, 5.74) is 0.252. The summed E-state index contributed by atoms with van der Waals surface area (Å²) >= 11 is 0.272. The molecule has 0 radical (unpaired) electrons. The van der Waals surface area contributed by atoms with Crippen LogP contribution in [-0.4, -0.2) is 10.9 Å². The summed E-state index contributed by atoms with van der Waals surface area (Å²) in [6.07, 6.45) is -4.58. The molecule has 0 bridgehead atoms. The largest absolute Gasteiger partial charge is 0.443 e. The summed E-state index contributed by atoms with van der Waals surface area (Å²) in [6, 6.07) is 5.82. The number of aromatic nitrogens is 1. The van der Waals surface area contributed by atoms with Gasteiger partial charge in [-0.1, -0.05) is 18.2 Å². The number of benzene rings is 1. The molecule has 0 atom stereocenters. The van der Waals surface area contributed by atoms with E-state index in [1.807, 2.05) is 0 Å². The van der Waals surface area contributed by atoms with E-state index in [0.717, 1.165) is 0 Å². The Morgan fingerprint density at radius 1 is 1.33 bits per heavy atom. The van der Waals surface area contributed by atoms with E-state index in [1.165, 1.54) is 25.1 Å². The summed E-state index contributed by atoms with van der Waals surface area (Å²) in [7, 11) is 0. The van der Waals surface area contributed by atoms with E-state index in [4.69, 9.17) is 0 Å². The van der Waals surface area contributed by atoms with Crippen LogP contribution < -0.4 is 5.32 Å². The number of thiazole rings is 1. The van der Waals surface area contributed by atoms with Crippen molar-refractivity contribution in [3.8, 4) is 0 Å². The van der Waals surface area contributed by atoms with Gasteiger partial charge in [-0.3, -0.25) is 4.79 Å². The second-order valence-electron chi connectivity index (χ2n) is 4.21. The Morgan fingerprint density at radius 2 is 2.00 bits per heavy atom. The number of hydrogen-bond donors (Lipinski definition) is 1. The van der Waals surface area contributed by atoms with Crippen molar-refractivity contribution in [1.82, 2.24) is 10.3 Å². The smallest absolute Gasteiger partial charge is 0.347 e. The molecule has 0 aliphatic carbocycles. The molecule has 0 saturated carbocycles. The van der Waals surface area contributed by atoms with Crippen LogP contribution in [0.5, 0.6) is 0 Å². The first-order chi connectivity index (χ1) is 9.79. The molecular formula is C13H10F4N2OS. The topological polar surface area (TPSA) is 42.0 Å². The van der Waals surface area contributed by atoms with Crippen molar-refractivity contribution in [3.05, 3.63) is 51.2 Å². The van der Waals surface area contributed by atoms with Gasteiger partial charge < -0.3 is 5.32 Å². The molecule has 0 spiro atoms. The molecule has 1 aromatic heterocycles. The highest BCUT2D eigenvalue weighted by Gasteiger charge is 2.36. The maximum absolute atomic E-state index is 13.4. The highest BCUT2D eigenvalue weighted by Crippen LogP contribution is 2.33. The molecule has 0 unspecified atom stereocenters. The Hall–Kier alpha value is -1.96. The quantitative estimate of drug-likeness (QED) is 0.880. The number of carbonyl (C=O) groups is 1. The molecule has 0 fully saturated rings. The monoisotopic (exact) mass is 318 g/mol. The van der Waals surface area contributed by atoms with Crippen LogP contribution >= 0.6 is 11.3 Å². The highest BCUT2D eigenvalue weighted by molar-refractivity contribution is 7.13. The van der Waals surface area contributed by atoms with Gasteiger partial charge in [0.2, 0.25) is 0 Å². The number of carbonyl (C=O) groups excluding carboxylic acids is 1. The molecule has 2 rings (SSSR count). The van der Waals surface area contributed by atoms with Crippen molar-refractivity contribution in [2.24, 2.45) is 0 Å². The standard InChI is InChI=1S/C13H10F4N2OS/c1-7-10(21-12(19-7)13(15,16)17)11(20)18-6-8-4-2-3-5-9(8)14/h2-5H,6H2,1H3,(H,18,20). The van der Waals surface area contributed by atoms with Crippen molar-refractivity contribution in [2.45, 2.75) is 19.6 Å². The summed E-state index contributed by atoms with van der Waals surface area (Å²) in [5.74, 6) is -1.20. The van der Waals surface area contributed by atoms with Crippen LogP contribution in [0, 0.1) is 12.7 Å². The van der Waals surface area contributed by atoms with E-state index in [0.29, 0.717) is 0 Å². The lowest BCUT2D eigenvalue weighted by atomic mass is 10.2. The lowest BCUT2D eigenvalue weighted by Gasteiger charge is -2.05. The lowest BCUT2D eigenvalue weighted by molar-refractivity contribution is -0.137. The minimum atomic E-state index is -4.58. The van der Waals surface area contributed by atoms with Crippen molar-refractivity contribution < 1.29 is 22.4 Å². The molecule has 0 aliphatic rings. The first-order valence-electron chi connectivity index (χ1n) is 5.85. The number of aryl methyl sites for hydroxylation is 1. The zero-order valence-corrected chi connectivity index (χ0v) is 11.6. The lowest BCUT2D eigenvalue weighted by Crippen LogP contribution is -2.23. The summed E-state index contributed by atoms with van der Waals surface area (Å²) in [5, 5.41) is 1.31. The first kappa shape index (κ1) is 15.4. The third-order valence-corrected chi connectivity index (χ3v) is 3.84. The van der Waals surface area contributed by atoms with Crippen LogP contribution in [-0.2, 0) is 12.7 Å². The van der Waals surface area contributed by atoms with Gasteiger partial charge in [0.25, 0.3) is 5.91 Å². The fourth-order valence-corrected chi connectivity index (χ4v) is 2.48. The molecule has 0 aliphatic heterocycles. The minimum absolute atomic E-state index is 0.00152. The minimum Gasteiger partial charge on any atom is -0.347 e. The van der Waals surface area contributed by atoms with Gasteiger partial charge in [-0.15, -0.1) is 11.3 Å². The summed E-state index contributed by atoms with van der Waals surface area (Å²) in [4.78, 5) is 15.1. The van der Waals surface area contributed by atoms with Gasteiger partial charge >= 0.3 is 6.18 Å². The second kappa shape index (κ2) is 5.80. The average molecular weight is 318 g/mol. The van der Waals surface area contributed by atoms with Crippen molar-refractivity contribution in [3.63, 3.8) is 0 Å². The third-order valence-electron chi connectivity index (χ3n) is 2.64. The maximum atomic E-state index is 13.4. The number of amides is 1. The number of hydrogen-bond acceptors (Lipinski definition) is 3. The molecule has 21 heavy (non-hydrogen) atoms. The van der Waals surface area contributed by atoms with E-state index >= 15 is 0 Å².